The minimum absolute atomic E-state index is 0.293. The zero-order valence-corrected chi connectivity index (χ0v) is 20.4. The summed E-state index contributed by atoms with van der Waals surface area (Å²) < 4.78 is 5.11. The first kappa shape index (κ1) is 26.0. The molecule has 4 amide bonds. The first-order valence-corrected chi connectivity index (χ1v) is 11.5. The Hall–Kier alpha value is -4.59. The van der Waals surface area contributed by atoms with Crippen molar-refractivity contribution in [1.82, 2.24) is 10.6 Å². The minimum Gasteiger partial charge on any atom is -0.497 e. The van der Waals surface area contributed by atoms with Crippen LogP contribution in [0.1, 0.15) is 31.0 Å². The van der Waals surface area contributed by atoms with Crippen LogP contribution < -0.4 is 26.0 Å². The Morgan fingerprint density at radius 1 is 0.778 bits per heavy atom. The molecule has 0 radical (unpaired) electrons. The third-order valence-corrected chi connectivity index (χ3v) is 5.35. The lowest BCUT2D eigenvalue weighted by Crippen LogP contribution is -2.45. The zero-order valence-electron chi connectivity index (χ0n) is 20.4. The molecule has 3 aromatic rings. The quantitative estimate of drug-likeness (QED) is 0.328. The van der Waals surface area contributed by atoms with Gasteiger partial charge >= 0.3 is 6.03 Å². The zero-order chi connectivity index (χ0) is 25.9. The van der Waals surface area contributed by atoms with Crippen LogP contribution in [0.25, 0.3) is 6.08 Å². The van der Waals surface area contributed by atoms with Gasteiger partial charge in [-0.05, 0) is 67.4 Å². The van der Waals surface area contributed by atoms with Crippen molar-refractivity contribution >= 4 is 35.3 Å². The summed E-state index contributed by atoms with van der Waals surface area (Å²) in [6.07, 6.45) is 3.05. The minimum atomic E-state index is -0.719. The second kappa shape index (κ2) is 12.8. The Morgan fingerprint density at radius 3 is 2.00 bits per heavy atom. The van der Waals surface area contributed by atoms with Crippen molar-refractivity contribution in [2.45, 2.75) is 25.9 Å². The number of rotatable bonds is 9. The first-order chi connectivity index (χ1) is 17.3. The number of amides is 4. The number of urea groups is 1. The third-order valence-electron chi connectivity index (χ3n) is 5.35. The predicted octanol–water partition coefficient (Wildman–Crippen LogP) is 4.73. The molecule has 0 spiro atoms. The summed E-state index contributed by atoms with van der Waals surface area (Å²) in [6.45, 7) is 3.47. The average Bonchev–Trinajstić information content (AvgIpc) is 2.88. The van der Waals surface area contributed by atoms with Crippen molar-refractivity contribution in [3.63, 3.8) is 0 Å². The van der Waals surface area contributed by atoms with Crippen LogP contribution in [0.15, 0.2) is 84.9 Å². The number of methoxy groups -OCH3 is 1. The molecule has 0 saturated heterocycles. The molecule has 2 unspecified atom stereocenters. The summed E-state index contributed by atoms with van der Waals surface area (Å²) in [7, 11) is 1.59. The van der Waals surface area contributed by atoms with Crippen molar-refractivity contribution < 1.29 is 19.1 Å². The van der Waals surface area contributed by atoms with E-state index < -0.39 is 6.04 Å². The van der Waals surface area contributed by atoms with Gasteiger partial charge in [0.05, 0.1) is 13.2 Å². The summed E-state index contributed by atoms with van der Waals surface area (Å²) in [5, 5.41) is 11.1. The van der Waals surface area contributed by atoms with Crippen molar-refractivity contribution in [3.05, 3.63) is 96.1 Å². The van der Waals surface area contributed by atoms with E-state index in [-0.39, 0.29) is 23.9 Å². The molecular weight excluding hydrogens is 456 g/mol. The maximum atomic E-state index is 12.6. The van der Waals surface area contributed by atoms with E-state index in [0.29, 0.717) is 11.4 Å². The average molecular weight is 487 g/mol. The number of ether oxygens (including phenoxy) is 1. The molecular formula is C28H30N4O4. The summed E-state index contributed by atoms with van der Waals surface area (Å²) in [6, 6.07) is 22.2. The van der Waals surface area contributed by atoms with E-state index in [1.165, 1.54) is 6.08 Å². The SMILES string of the molecule is COc1ccc(C=CC(=O)NC(C)C(=O)NC(C)c2ccc(NC(=O)Nc3ccccc3)cc2)cc1. The normalized spacial score (nSPS) is 12.3. The number of hydrogen-bond acceptors (Lipinski definition) is 4. The first-order valence-electron chi connectivity index (χ1n) is 11.5. The van der Waals surface area contributed by atoms with E-state index in [4.69, 9.17) is 4.74 Å². The number of benzene rings is 3. The van der Waals surface area contributed by atoms with Crippen LogP contribution in [-0.2, 0) is 9.59 Å². The van der Waals surface area contributed by atoms with E-state index in [0.717, 1.165) is 16.9 Å². The smallest absolute Gasteiger partial charge is 0.323 e. The highest BCUT2D eigenvalue weighted by Gasteiger charge is 2.17. The van der Waals surface area contributed by atoms with Crippen LogP contribution in [-0.4, -0.2) is 31.0 Å². The van der Waals surface area contributed by atoms with Gasteiger partial charge in [-0.3, -0.25) is 9.59 Å². The molecule has 8 heteroatoms. The second-order valence-electron chi connectivity index (χ2n) is 8.13. The van der Waals surface area contributed by atoms with E-state index in [2.05, 4.69) is 21.3 Å². The Balaban J connectivity index is 1.46. The van der Waals surface area contributed by atoms with Gasteiger partial charge in [-0.25, -0.2) is 4.79 Å². The van der Waals surface area contributed by atoms with Crippen LogP contribution in [0.5, 0.6) is 5.75 Å². The van der Waals surface area contributed by atoms with E-state index in [1.807, 2.05) is 49.4 Å². The molecule has 0 heterocycles. The Bertz CT molecular complexity index is 1190. The number of carbonyl (C=O) groups excluding carboxylic acids is 3. The van der Waals surface area contributed by atoms with E-state index >= 15 is 0 Å². The van der Waals surface area contributed by atoms with Crippen molar-refractivity contribution in [1.29, 1.82) is 0 Å². The van der Waals surface area contributed by atoms with Crippen LogP contribution >= 0.6 is 0 Å². The highest BCUT2D eigenvalue weighted by atomic mass is 16.5. The monoisotopic (exact) mass is 486 g/mol. The Kier molecular flexibility index (Phi) is 9.22. The molecule has 0 bridgehead atoms. The van der Waals surface area contributed by atoms with Gasteiger partial charge in [0.2, 0.25) is 11.8 Å². The molecule has 0 aliphatic heterocycles. The summed E-state index contributed by atoms with van der Waals surface area (Å²) in [4.78, 5) is 36.9. The second-order valence-corrected chi connectivity index (χ2v) is 8.13. The fourth-order valence-electron chi connectivity index (χ4n) is 3.31. The molecule has 0 aliphatic rings. The lowest BCUT2D eigenvalue weighted by molar-refractivity contribution is -0.127. The van der Waals surface area contributed by atoms with Gasteiger partial charge in [0.1, 0.15) is 11.8 Å². The maximum Gasteiger partial charge on any atom is 0.323 e. The largest absolute Gasteiger partial charge is 0.497 e. The molecule has 0 fully saturated rings. The summed E-state index contributed by atoms with van der Waals surface area (Å²) >= 11 is 0. The molecule has 0 aromatic heterocycles. The van der Waals surface area contributed by atoms with Crippen molar-refractivity contribution in [2.24, 2.45) is 0 Å². The van der Waals surface area contributed by atoms with Crippen molar-refractivity contribution in [2.75, 3.05) is 17.7 Å². The molecule has 186 valence electrons. The molecule has 0 aliphatic carbocycles. The Morgan fingerprint density at radius 2 is 1.39 bits per heavy atom. The lowest BCUT2D eigenvalue weighted by Gasteiger charge is -2.19. The summed E-state index contributed by atoms with van der Waals surface area (Å²) in [5.74, 6) is 0.0546. The van der Waals surface area contributed by atoms with Crippen LogP contribution in [0.3, 0.4) is 0 Å². The maximum absolute atomic E-state index is 12.6. The molecule has 2 atom stereocenters. The summed E-state index contributed by atoms with van der Waals surface area (Å²) in [5.41, 5.74) is 3.01. The number of carbonyl (C=O) groups is 3. The van der Waals surface area contributed by atoms with Crippen LogP contribution in [0, 0.1) is 0 Å². The van der Waals surface area contributed by atoms with Gasteiger partial charge in [-0.15, -0.1) is 0 Å². The number of nitrogens with one attached hydrogen (secondary N) is 4. The Labute approximate surface area is 210 Å². The van der Waals surface area contributed by atoms with Gasteiger partial charge in [0, 0.05) is 17.5 Å². The van der Waals surface area contributed by atoms with Gasteiger partial charge in [0.15, 0.2) is 0 Å². The topological polar surface area (TPSA) is 109 Å². The highest BCUT2D eigenvalue weighted by molar-refractivity contribution is 5.99. The molecule has 4 N–H and O–H groups in total. The van der Waals surface area contributed by atoms with Gasteiger partial charge in [-0.1, -0.05) is 42.5 Å². The van der Waals surface area contributed by atoms with E-state index in [9.17, 15) is 14.4 Å². The van der Waals surface area contributed by atoms with Crippen molar-refractivity contribution in [3.8, 4) is 5.75 Å². The fraction of sp³-hybridized carbons (Fsp3) is 0.179. The van der Waals surface area contributed by atoms with E-state index in [1.54, 1.807) is 56.5 Å². The molecule has 8 nitrogen and oxygen atoms in total. The highest BCUT2D eigenvalue weighted by Crippen LogP contribution is 2.17. The lowest BCUT2D eigenvalue weighted by atomic mass is 10.1. The predicted molar refractivity (Wildman–Crippen MR) is 142 cm³/mol. The standard InChI is InChI=1S/C28H30N4O4/c1-19(22-12-14-24(15-13-22)32-28(35)31-23-7-5-4-6-8-23)30-27(34)20(2)29-26(33)18-11-21-9-16-25(36-3)17-10-21/h4-20H,1-3H3,(H,29,33)(H,30,34)(H2,31,32,35). The molecule has 3 aromatic carbocycles. The molecule has 36 heavy (non-hydrogen) atoms. The number of hydrogen-bond donors (Lipinski definition) is 4. The van der Waals surface area contributed by atoms with Gasteiger partial charge in [0.25, 0.3) is 0 Å². The fourth-order valence-corrected chi connectivity index (χ4v) is 3.31. The van der Waals surface area contributed by atoms with Gasteiger partial charge in [-0.2, -0.15) is 0 Å². The molecule has 3 rings (SSSR count). The molecule has 0 saturated carbocycles. The van der Waals surface area contributed by atoms with Crippen LogP contribution in [0.2, 0.25) is 0 Å². The number of para-hydroxylation sites is 1. The number of anilines is 2. The third kappa shape index (κ3) is 8.02. The van der Waals surface area contributed by atoms with Gasteiger partial charge < -0.3 is 26.0 Å². The van der Waals surface area contributed by atoms with Crippen LogP contribution in [0.4, 0.5) is 16.2 Å².